The Morgan fingerprint density at radius 3 is 1.81 bits per heavy atom. The van der Waals surface area contributed by atoms with E-state index in [1.54, 1.807) is 0 Å². The molecule has 0 saturated carbocycles. The fourth-order valence-corrected chi connectivity index (χ4v) is 3.78. The fraction of sp³-hybridized carbons (Fsp3) is 0.500. The molecule has 136 valence electrons. The van der Waals surface area contributed by atoms with Crippen LogP contribution in [0.5, 0.6) is 0 Å². The van der Waals surface area contributed by atoms with Gasteiger partial charge in [-0.15, -0.1) is 0 Å². The third-order valence-corrected chi connectivity index (χ3v) is 5.45. The van der Waals surface area contributed by atoms with E-state index < -0.39 is 0 Å². The normalized spacial score (nSPS) is 13.8. The predicted molar refractivity (Wildman–Crippen MR) is 104 cm³/mol. The van der Waals surface area contributed by atoms with Gasteiger partial charge in [-0.3, -0.25) is 0 Å². The van der Waals surface area contributed by atoms with Crippen LogP contribution in [0.1, 0.15) is 82.3 Å². The zero-order valence-electron chi connectivity index (χ0n) is 16.7. The predicted octanol–water partition coefficient (Wildman–Crippen LogP) is 7.17. The van der Waals surface area contributed by atoms with Crippen LogP contribution in [0.2, 0.25) is 0 Å². The summed E-state index contributed by atoms with van der Waals surface area (Å²) >= 11 is 0. The van der Waals surface area contributed by atoms with E-state index >= 15 is 0 Å². The zero-order chi connectivity index (χ0) is 17.2. The summed E-state index contributed by atoms with van der Waals surface area (Å²) in [5.41, 5.74) is 2.94. The van der Waals surface area contributed by atoms with Gasteiger partial charge in [0.15, 0.2) is 0 Å². The summed E-state index contributed by atoms with van der Waals surface area (Å²) in [5.74, 6) is 2.20. The van der Waals surface area contributed by atoms with Gasteiger partial charge in [0.2, 0.25) is 0 Å². The Morgan fingerprint density at radius 2 is 1.31 bits per heavy atom. The maximum atomic E-state index is 3.13. The van der Waals surface area contributed by atoms with Gasteiger partial charge in [-0.1, -0.05) is 46.5 Å². The molecule has 2 aromatic rings. The molecule has 0 saturated heterocycles. The van der Waals surface area contributed by atoms with Crippen LogP contribution in [0.25, 0.3) is 0 Å². The van der Waals surface area contributed by atoms with Crippen molar-refractivity contribution in [3.63, 3.8) is 0 Å². The van der Waals surface area contributed by atoms with E-state index in [1.807, 2.05) is 24.3 Å². The molecule has 0 aliphatic carbocycles. The Morgan fingerprint density at radius 1 is 0.769 bits per heavy atom. The van der Waals surface area contributed by atoms with Crippen LogP contribution < -0.4 is 0 Å². The molecule has 0 heterocycles. The zero-order valence-corrected chi connectivity index (χ0v) is 22.4. The van der Waals surface area contributed by atoms with Crippen molar-refractivity contribution < 1.29 is 65.4 Å². The van der Waals surface area contributed by atoms with Gasteiger partial charge in [0.05, 0.1) is 0 Å². The van der Waals surface area contributed by atoms with Crippen molar-refractivity contribution in [2.75, 3.05) is 0 Å². The summed E-state index contributed by atoms with van der Waals surface area (Å²) in [6.45, 7) is 7.03. The van der Waals surface area contributed by atoms with E-state index in [-0.39, 0.29) is 65.4 Å². The second-order valence-corrected chi connectivity index (χ2v) is 7.11. The first-order chi connectivity index (χ1) is 11.7. The third-order valence-electron chi connectivity index (χ3n) is 5.45. The van der Waals surface area contributed by atoms with Crippen molar-refractivity contribution >= 4 is 0 Å². The standard InChI is InChI=1S/C24H32.2Y/c1-4-21(19-20(3)23-14-8-6-9-15-23)13-12-18-22(5-2)24-16-10-7-11-17-24;;/h8-11,14-17,20-22H,4-5,12-13,18-19H2,1-3H3;;/q-2;;. The molecule has 3 atom stereocenters. The molecule has 2 aromatic carbocycles. The Bertz CT molecular complexity index is 553. The van der Waals surface area contributed by atoms with Gasteiger partial charge in [0.25, 0.3) is 0 Å². The summed E-state index contributed by atoms with van der Waals surface area (Å²) in [4.78, 5) is 0. The van der Waals surface area contributed by atoms with Gasteiger partial charge >= 0.3 is 0 Å². The largest absolute Gasteiger partial charge is 0.184 e. The summed E-state index contributed by atoms with van der Waals surface area (Å²) in [6, 6.07) is 23.3. The Hall–Kier alpha value is 0.648. The van der Waals surface area contributed by atoms with Crippen LogP contribution >= 0.6 is 0 Å². The van der Waals surface area contributed by atoms with E-state index in [4.69, 9.17) is 0 Å². The Balaban J connectivity index is 0.00000312. The van der Waals surface area contributed by atoms with Crippen molar-refractivity contribution in [3.8, 4) is 0 Å². The molecule has 0 fully saturated rings. The van der Waals surface area contributed by atoms with Gasteiger partial charge in [-0.25, -0.2) is 0 Å². The third kappa shape index (κ3) is 9.23. The molecule has 3 unspecified atom stereocenters. The first kappa shape index (κ1) is 26.6. The van der Waals surface area contributed by atoms with Crippen LogP contribution in [-0.4, -0.2) is 0 Å². The molecular formula is C24H32Y2-2. The minimum atomic E-state index is 0. The van der Waals surface area contributed by atoms with E-state index in [0.29, 0.717) is 11.8 Å². The molecule has 0 amide bonds. The first-order valence-electron chi connectivity index (χ1n) is 9.66. The van der Waals surface area contributed by atoms with Gasteiger partial charge in [0.1, 0.15) is 0 Å². The summed E-state index contributed by atoms with van der Waals surface area (Å²) < 4.78 is 0. The minimum absolute atomic E-state index is 0. The SMILES string of the molecule is CCC(CCCC(CC)c1cc[c-]cc1)CC(C)c1cc[c-]cc1.[Y].[Y]. The van der Waals surface area contributed by atoms with Crippen LogP contribution in [0.4, 0.5) is 0 Å². The van der Waals surface area contributed by atoms with Gasteiger partial charge < -0.3 is 0 Å². The van der Waals surface area contributed by atoms with Gasteiger partial charge in [0, 0.05) is 65.4 Å². The number of benzene rings is 2. The molecule has 26 heavy (non-hydrogen) atoms. The topological polar surface area (TPSA) is 0 Å². The average molecular weight is 498 g/mol. The number of hydrogen-bond donors (Lipinski definition) is 0. The summed E-state index contributed by atoms with van der Waals surface area (Å²) in [7, 11) is 0. The van der Waals surface area contributed by atoms with E-state index in [0.717, 1.165) is 5.92 Å². The molecule has 2 heteroatoms. The van der Waals surface area contributed by atoms with Crippen molar-refractivity contribution in [3.05, 3.63) is 71.8 Å². The molecule has 0 aromatic heterocycles. The van der Waals surface area contributed by atoms with Gasteiger partial charge in [-0.2, -0.15) is 71.8 Å². The van der Waals surface area contributed by atoms with Gasteiger partial charge in [-0.05, 0) is 30.6 Å². The molecule has 0 aliphatic heterocycles. The minimum Gasteiger partial charge on any atom is -0.184 e. The Kier molecular flexibility index (Phi) is 15.9. The van der Waals surface area contributed by atoms with E-state index in [9.17, 15) is 0 Å². The van der Waals surface area contributed by atoms with Crippen LogP contribution in [0.15, 0.2) is 48.5 Å². The smallest absolute Gasteiger partial charge is 0 e. The molecule has 0 nitrogen and oxygen atoms in total. The average Bonchev–Trinajstić information content (AvgIpc) is 2.65. The van der Waals surface area contributed by atoms with Crippen molar-refractivity contribution in [1.82, 2.24) is 0 Å². The number of hydrogen-bond acceptors (Lipinski definition) is 0. The molecule has 2 rings (SSSR count). The molecule has 0 aliphatic rings. The van der Waals surface area contributed by atoms with E-state index in [2.05, 4.69) is 57.2 Å². The molecule has 0 bridgehead atoms. The molecule has 0 spiro atoms. The fourth-order valence-electron chi connectivity index (χ4n) is 3.78. The van der Waals surface area contributed by atoms with Crippen molar-refractivity contribution in [1.29, 1.82) is 0 Å². The summed E-state index contributed by atoms with van der Waals surface area (Å²) in [6.07, 6.45) is 7.83. The maximum Gasteiger partial charge on any atom is 0 e. The first-order valence-corrected chi connectivity index (χ1v) is 9.66. The molecule has 0 N–H and O–H groups in total. The molecular weight excluding hydrogens is 466 g/mol. The van der Waals surface area contributed by atoms with Crippen molar-refractivity contribution in [2.24, 2.45) is 5.92 Å². The Labute approximate surface area is 212 Å². The second-order valence-electron chi connectivity index (χ2n) is 7.11. The maximum absolute atomic E-state index is 3.13. The summed E-state index contributed by atoms with van der Waals surface area (Å²) in [5, 5.41) is 0. The van der Waals surface area contributed by atoms with Crippen LogP contribution in [0, 0.1) is 18.1 Å². The van der Waals surface area contributed by atoms with Crippen LogP contribution in [-0.2, 0) is 65.4 Å². The second kappa shape index (κ2) is 15.6. The van der Waals surface area contributed by atoms with Crippen molar-refractivity contribution in [2.45, 2.75) is 71.1 Å². The monoisotopic (exact) mass is 498 g/mol. The quantitative estimate of drug-likeness (QED) is 0.305. The van der Waals surface area contributed by atoms with E-state index in [1.165, 1.54) is 49.7 Å². The number of rotatable bonds is 10. The molecule has 2 radical (unpaired) electrons. The van der Waals surface area contributed by atoms with Crippen LogP contribution in [0.3, 0.4) is 0 Å².